The van der Waals surface area contributed by atoms with Crippen LogP contribution in [0.2, 0.25) is 0 Å². The number of hydrogen-bond donors (Lipinski definition) is 1. The highest BCUT2D eigenvalue weighted by molar-refractivity contribution is 7.03. The Morgan fingerprint density at radius 1 is 1.86 bits per heavy atom. The summed E-state index contributed by atoms with van der Waals surface area (Å²) >= 11 is 1.35. The van der Waals surface area contributed by atoms with Gasteiger partial charge in [-0.2, -0.15) is 0 Å². The van der Waals surface area contributed by atoms with Crippen LogP contribution in [-0.4, -0.2) is 9.48 Å². The molecule has 0 atom stereocenters. The first-order chi connectivity index (χ1) is 3.43. The smallest absolute Gasteiger partial charge is 0.0705 e. The van der Waals surface area contributed by atoms with E-state index in [4.69, 9.17) is 5.11 Å². The van der Waals surface area contributed by atoms with Crippen LogP contribution in [0.1, 0.15) is 5.56 Å². The van der Waals surface area contributed by atoms with Crippen LogP contribution in [-0.2, 0) is 6.61 Å². The molecular weight excluding hydrogens is 110 g/mol. The number of aliphatic hydroxyl groups is 1. The van der Waals surface area contributed by atoms with Crippen LogP contribution < -0.4 is 0 Å². The van der Waals surface area contributed by atoms with Crippen LogP contribution in [0, 0.1) is 0 Å². The van der Waals surface area contributed by atoms with Crippen LogP contribution in [0.25, 0.3) is 0 Å². The summed E-state index contributed by atoms with van der Waals surface area (Å²) in [5.41, 5.74) is 0.894. The molecule has 1 rings (SSSR count). The van der Waals surface area contributed by atoms with E-state index in [2.05, 4.69) is 4.37 Å². The van der Waals surface area contributed by atoms with Crippen molar-refractivity contribution in [2.75, 3.05) is 0 Å². The van der Waals surface area contributed by atoms with E-state index in [0.717, 1.165) is 5.56 Å². The van der Waals surface area contributed by atoms with Crippen LogP contribution in [0.4, 0.5) is 0 Å². The Morgan fingerprint density at radius 3 is 3.00 bits per heavy atom. The third-order valence-electron chi connectivity index (χ3n) is 0.666. The summed E-state index contributed by atoms with van der Waals surface area (Å²) in [5.74, 6) is 0. The minimum absolute atomic E-state index is 0.108. The van der Waals surface area contributed by atoms with E-state index in [0.29, 0.717) is 0 Å². The van der Waals surface area contributed by atoms with Gasteiger partial charge in [0.05, 0.1) is 6.61 Å². The zero-order valence-electron chi connectivity index (χ0n) is 3.66. The molecular formula is C4H5NOS. The summed E-state index contributed by atoms with van der Waals surface area (Å²) in [6.07, 6.45) is 1.66. The van der Waals surface area contributed by atoms with E-state index >= 15 is 0 Å². The second-order valence-electron chi connectivity index (χ2n) is 1.19. The monoisotopic (exact) mass is 115 g/mol. The fraction of sp³-hybridized carbons (Fsp3) is 0.250. The lowest BCUT2D eigenvalue weighted by molar-refractivity contribution is 0.282. The van der Waals surface area contributed by atoms with Gasteiger partial charge in [0.15, 0.2) is 0 Å². The average Bonchev–Trinajstić information content (AvgIpc) is 2.14. The van der Waals surface area contributed by atoms with Crippen LogP contribution in [0.15, 0.2) is 11.6 Å². The lowest BCUT2D eigenvalue weighted by Crippen LogP contribution is -1.72. The van der Waals surface area contributed by atoms with Gasteiger partial charge < -0.3 is 5.11 Å². The average molecular weight is 115 g/mol. The molecule has 0 saturated carbocycles. The van der Waals surface area contributed by atoms with Crippen molar-refractivity contribution in [3.8, 4) is 0 Å². The lowest BCUT2D eigenvalue weighted by atomic mass is 10.4. The minimum Gasteiger partial charge on any atom is -0.392 e. The molecule has 38 valence electrons. The summed E-state index contributed by atoms with van der Waals surface area (Å²) in [6, 6.07) is 0. The summed E-state index contributed by atoms with van der Waals surface area (Å²) in [7, 11) is 0. The van der Waals surface area contributed by atoms with Gasteiger partial charge in [0.2, 0.25) is 0 Å². The Balaban J connectivity index is 2.76. The molecule has 0 aromatic carbocycles. The Bertz CT molecular complexity index is 126. The van der Waals surface area contributed by atoms with Crippen molar-refractivity contribution < 1.29 is 5.11 Å². The van der Waals surface area contributed by atoms with Crippen molar-refractivity contribution in [3.63, 3.8) is 0 Å². The quantitative estimate of drug-likeness (QED) is 0.582. The third kappa shape index (κ3) is 0.976. The molecule has 3 heteroatoms. The van der Waals surface area contributed by atoms with Gasteiger partial charge >= 0.3 is 0 Å². The Hall–Kier alpha value is -0.410. The third-order valence-corrected chi connectivity index (χ3v) is 1.30. The summed E-state index contributed by atoms with van der Waals surface area (Å²) in [5, 5.41) is 10.2. The van der Waals surface area contributed by atoms with Gasteiger partial charge in [-0.05, 0) is 11.5 Å². The molecule has 0 radical (unpaired) electrons. The molecule has 0 amide bonds. The van der Waals surface area contributed by atoms with E-state index in [1.54, 1.807) is 6.20 Å². The van der Waals surface area contributed by atoms with Crippen molar-refractivity contribution >= 4 is 11.5 Å². The highest BCUT2D eigenvalue weighted by atomic mass is 32.1. The molecule has 0 aliphatic rings. The maximum Gasteiger partial charge on any atom is 0.0705 e. The minimum atomic E-state index is 0.108. The van der Waals surface area contributed by atoms with Crippen molar-refractivity contribution in [3.05, 3.63) is 17.1 Å². The predicted octanol–water partition coefficient (Wildman–Crippen LogP) is 0.635. The lowest BCUT2D eigenvalue weighted by Gasteiger charge is -1.77. The molecule has 2 nitrogen and oxygen atoms in total. The number of aromatic nitrogens is 1. The Kier molecular flexibility index (Phi) is 1.38. The van der Waals surface area contributed by atoms with E-state index in [1.807, 2.05) is 5.38 Å². The highest BCUT2D eigenvalue weighted by Gasteiger charge is 1.85. The summed E-state index contributed by atoms with van der Waals surface area (Å²) < 4.78 is 3.77. The van der Waals surface area contributed by atoms with E-state index in [9.17, 15) is 0 Å². The maximum absolute atomic E-state index is 8.39. The number of hydrogen-bond acceptors (Lipinski definition) is 3. The molecule has 0 bridgehead atoms. The number of nitrogens with zero attached hydrogens (tertiary/aromatic N) is 1. The highest BCUT2D eigenvalue weighted by Crippen LogP contribution is 1.98. The first-order valence-corrected chi connectivity index (χ1v) is 2.76. The number of rotatable bonds is 1. The first kappa shape index (κ1) is 4.74. The second kappa shape index (κ2) is 2.04. The van der Waals surface area contributed by atoms with Crippen LogP contribution in [0.3, 0.4) is 0 Å². The normalized spacial score (nSPS) is 9.29. The Labute approximate surface area is 45.6 Å². The number of aliphatic hydroxyl groups excluding tert-OH is 1. The van der Waals surface area contributed by atoms with E-state index in [1.165, 1.54) is 11.5 Å². The fourth-order valence-electron chi connectivity index (χ4n) is 0.305. The van der Waals surface area contributed by atoms with Gasteiger partial charge in [0.1, 0.15) is 0 Å². The predicted molar refractivity (Wildman–Crippen MR) is 28.0 cm³/mol. The zero-order valence-corrected chi connectivity index (χ0v) is 4.48. The molecule has 1 aromatic heterocycles. The SMILES string of the molecule is OCc1cnsc1. The first-order valence-electron chi connectivity index (χ1n) is 1.92. The van der Waals surface area contributed by atoms with Crippen LogP contribution >= 0.6 is 11.5 Å². The van der Waals surface area contributed by atoms with Gasteiger partial charge in [0, 0.05) is 17.1 Å². The van der Waals surface area contributed by atoms with Gasteiger partial charge in [-0.25, -0.2) is 4.37 Å². The summed E-state index contributed by atoms with van der Waals surface area (Å²) in [6.45, 7) is 0.108. The maximum atomic E-state index is 8.39. The zero-order chi connectivity index (χ0) is 5.11. The largest absolute Gasteiger partial charge is 0.392 e. The fourth-order valence-corrected chi connectivity index (χ4v) is 0.833. The molecule has 1 N–H and O–H groups in total. The molecule has 0 saturated heterocycles. The van der Waals surface area contributed by atoms with Crippen LogP contribution in [0.5, 0.6) is 0 Å². The van der Waals surface area contributed by atoms with E-state index in [-0.39, 0.29) is 6.61 Å². The molecule has 7 heavy (non-hydrogen) atoms. The molecule has 0 aliphatic heterocycles. The molecule has 0 fully saturated rings. The van der Waals surface area contributed by atoms with Crippen molar-refractivity contribution in [2.24, 2.45) is 0 Å². The van der Waals surface area contributed by atoms with Crippen molar-refractivity contribution in [1.82, 2.24) is 4.37 Å². The standard InChI is InChI=1S/C4H5NOS/c6-2-4-1-5-7-3-4/h1,3,6H,2H2. The molecule has 1 aromatic rings. The van der Waals surface area contributed by atoms with Crippen molar-refractivity contribution in [2.45, 2.75) is 6.61 Å². The second-order valence-corrected chi connectivity index (χ2v) is 1.85. The topological polar surface area (TPSA) is 33.1 Å². The summed E-state index contributed by atoms with van der Waals surface area (Å²) in [4.78, 5) is 0. The van der Waals surface area contributed by atoms with E-state index < -0.39 is 0 Å². The van der Waals surface area contributed by atoms with Crippen molar-refractivity contribution in [1.29, 1.82) is 0 Å². The molecule has 0 unspecified atom stereocenters. The molecule has 1 heterocycles. The van der Waals surface area contributed by atoms with Gasteiger partial charge in [-0.3, -0.25) is 0 Å². The molecule has 0 spiro atoms. The van der Waals surface area contributed by atoms with Gasteiger partial charge in [-0.1, -0.05) is 0 Å². The Morgan fingerprint density at radius 2 is 2.71 bits per heavy atom. The molecule has 0 aliphatic carbocycles. The van der Waals surface area contributed by atoms with Gasteiger partial charge in [0.25, 0.3) is 0 Å². The van der Waals surface area contributed by atoms with Gasteiger partial charge in [-0.15, -0.1) is 0 Å².